The molecule has 352 valence electrons. The highest BCUT2D eigenvalue weighted by molar-refractivity contribution is 6.08. The normalized spacial score (nSPS) is 12.3. The van der Waals surface area contributed by atoms with Crippen molar-refractivity contribution in [2.24, 2.45) is 0 Å². The maximum atomic E-state index is 2.49. The van der Waals surface area contributed by atoms with Crippen LogP contribution in [0.1, 0.15) is 25.0 Å². The van der Waals surface area contributed by atoms with Gasteiger partial charge in [-0.25, -0.2) is 0 Å². The van der Waals surface area contributed by atoms with Gasteiger partial charge in [0.1, 0.15) is 0 Å². The van der Waals surface area contributed by atoms with Gasteiger partial charge in [-0.15, -0.1) is 0 Å². The molecule has 11 aromatic carbocycles. The predicted molar refractivity (Wildman–Crippen MR) is 312 cm³/mol. The summed E-state index contributed by atoms with van der Waals surface area (Å²) >= 11 is 0. The minimum Gasteiger partial charge on any atom is -0.311 e. The number of nitrogens with zero attached hydrogens (tertiary/aromatic N) is 3. The summed E-state index contributed by atoms with van der Waals surface area (Å²) in [4.78, 5) is 4.67. The minimum atomic E-state index is -0.244. The summed E-state index contributed by atoms with van der Waals surface area (Å²) < 4.78 is 2.48. The van der Waals surface area contributed by atoms with Crippen LogP contribution in [0.25, 0.3) is 72.4 Å². The third-order valence-electron chi connectivity index (χ3n) is 15.0. The number of aromatic nitrogens is 1. The minimum absolute atomic E-state index is 0.244. The van der Waals surface area contributed by atoms with Crippen molar-refractivity contribution in [3.05, 3.63) is 296 Å². The topological polar surface area (TPSA) is 11.4 Å². The Morgan fingerprint density at radius 3 is 1.16 bits per heavy atom. The van der Waals surface area contributed by atoms with E-state index >= 15 is 0 Å². The predicted octanol–water partition coefficient (Wildman–Crippen LogP) is 19.5. The number of fused-ring (bicyclic) bond motifs is 4. The number of hydrogen-bond acceptors (Lipinski definition) is 2. The number of para-hydroxylation sites is 3. The molecule has 1 aliphatic carbocycles. The second-order valence-electron chi connectivity index (χ2n) is 19.7. The fourth-order valence-electron chi connectivity index (χ4n) is 11.3. The molecule has 0 saturated heterocycles. The van der Waals surface area contributed by atoms with Crippen LogP contribution in [0.4, 0.5) is 34.1 Å². The van der Waals surface area contributed by atoms with Gasteiger partial charge in [0.15, 0.2) is 0 Å². The first-order valence-corrected chi connectivity index (χ1v) is 25.6. The number of hydrogen-bond donors (Lipinski definition) is 0. The standard InChI is InChI=1S/C71H53N3/c1-71(2)66-47-55(37-46-63(66)64-48-65-68(49-67(64)71)74(58-31-19-8-20-32-58)70(54-25-13-5-14-26-54)69(65)53-23-11-4-12-24-53)52-35-40-60(41-36-52)73(59-38-33-51(34-39-59)50-21-9-3-10-22-50)62-44-42-61(43-45-62)72(56-27-15-6-16-28-56)57-29-17-7-18-30-57/h3-49H,1-2H3. The van der Waals surface area contributed by atoms with E-state index in [9.17, 15) is 0 Å². The molecule has 0 saturated carbocycles. The SMILES string of the molecule is CC1(C)c2cc(-c3ccc(N(c4ccc(-c5ccccc5)cc4)c4ccc(N(c5ccccc5)c5ccccc5)cc4)cc3)ccc2-c2cc3c(-c4ccccc4)c(-c4ccccc4)n(-c4ccccc4)c3cc21. The first kappa shape index (κ1) is 44.5. The molecule has 0 amide bonds. The van der Waals surface area contributed by atoms with E-state index in [1.165, 1.54) is 77.8 Å². The molecule has 12 aromatic rings. The Morgan fingerprint density at radius 1 is 0.297 bits per heavy atom. The van der Waals surface area contributed by atoms with Gasteiger partial charge in [-0.2, -0.15) is 0 Å². The van der Waals surface area contributed by atoms with E-state index in [-0.39, 0.29) is 5.41 Å². The van der Waals surface area contributed by atoms with E-state index in [0.29, 0.717) is 0 Å². The molecule has 0 N–H and O–H groups in total. The Labute approximate surface area is 434 Å². The molecule has 1 aliphatic rings. The van der Waals surface area contributed by atoms with Crippen LogP contribution in [0, 0.1) is 0 Å². The van der Waals surface area contributed by atoms with Crippen LogP contribution in [-0.4, -0.2) is 4.57 Å². The van der Waals surface area contributed by atoms with Gasteiger partial charge < -0.3 is 14.4 Å². The van der Waals surface area contributed by atoms with Crippen molar-refractivity contribution in [3.63, 3.8) is 0 Å². The first-order valence-electron chi connectivity index (χ1n) is 25.6. The third-order valence-corrected chi connectivity index (χ3v) is 15.0. The molecule has 3 heteroatoms. The van der Waals surface area contributed by atoms with Crippen molar-refractivity contribution >= 4 is 45.0 Å². The smallest absolute Gasteiger partial charge is 0.0619 e. The molecule has 0 aliphatic heterocycles. The Kier molecular flexibility index (Phi) is 11.2. The molecule has 0 atom stereocenters. The van der Waals surface area contributed by atoms with E-state index in [1.807, 2.05) is 0 Å². The summed E-state index contributed by atoms with van der Waals surface area (Å²) in [7, 11) is 0. The monoisotopic (exact) mass is 947 g/mol. The van der Waals surface area contributed by atoms with Gasteiger partial charge in [0.2, 0.25) is 0 Å². The number of benzene rings is 11. The van der Waals surface area contributed by atoms with Crippen molar-refractivity contribution in [3.8, 4) is 61.5 Å². The van der Waals surface area contributed by atoms with Crippen LogP contribution in [-0.2, 0) is 5.41 Å². The Bertz CT molecular complexity index is 3870. The van der Waals surface area contributed by atoms with Gasteiger partial charge in [0, 0.05) is 56.2 Å². The lowest BCUT2D eigenvalue weighted by atomic mass is 9.81. The molecule has 0 fully saturated rings. The fraction of sp³-hybridized carbons (Fsp3) is 0.0423. The zero-order chi connectivity index (χ0) is 49.6. The van der Waals surface area contributed by atoms with E-state index in [1.54, 1.807) is 0 Å². The summed E-state index contributed by atoms with van der Waals surface area (Å²) in [5.74, 6) is 0. The maximum absolute atomic E-state index is 2.49. The van der Waals surface area contributed by atoms with Gasteiger partial charge >= 0.3 is 0 Å². The van der Waals surface area contributed by atoms with Crippen LogP contribution in [0.15, 0.2) is 285 Å². The van der Waals surface area contributed by atoms with Gasteiger partial charge in [-0.05, 0) is 159 Å². The summed E-state index contributed by atoms with van der Waals surface area (Å²) in [5, 5.41) is 1.25. The summed E-state index contributed by atoms with van der Waals surface area (Å²) in [6.07, 6.45) is 0. The second-order valence-corrected chi connectivity index (χ2v) is 19.7. The van der Waals surface area contributed by atoms with Crippen LogP contribution >= 0.6 is 0 Å². The van der Waals surface area contributed by atoms with Crippen molar-refractivity contribution < 1.29 is 0 Å². The third kappa shape index (κ3) is 7.87. The lowest BCUT2D eigenvalue weighted by molar-refractivity contribution is 0.661. The molecule has 0 unspecified atom stereocenters. The molecule has 74 heavy (non-hydrogen) atoms. The first-order chi connectivity index (χ1) is 36.5. The van der Waals surface area contributed by atoms with E-state index < -0.39 is 0 Å². The lowest BCUT2D eigenvalue weighted by Crippen LogP contribution is -2.15. The summed E-state index contributed by atoms with van der Waals surface area (Å²) in [5.41, 5.74) is 23.6. The highest BCUT2D eigenvalue weighted by Crippen LogP contribution is 2.54. The molecule has 0 bridgehead atoms. The molecule has 1 heterocycles. The molecule has 1 aromatic heterocycles. The molecule has 0 spiro atoms. The highest BCUT2D eigenvalue weighted by Gasteiger charge is 2.37. The Hall–Kier alpha value is -9.44. The van der Waals surface area contributed by atoms with Gasteiger partial charge in [-0.1, -0.05) is 196 Å². The molecule has 13 rings (SSSR count). The van der Waals surface area contributed by atoms with Crippen molar-refractivity contribution in [1.29, 1.82) is 0 Å². The fourth-order valence-corrected chi connectivity index (χ4v) is 11.3. The lowest BCUT2D eigenvalue weighted by Gasteiger charge is -2.28. The average molecular weight is 948 g/mol. The quantitative estimate of drug-likeness (QED) is 0.128. The van der Waals surface area contributed by atoms with Crippen molar-refractivity contribution in [2.75, 3.05) is 9.80 Å². The number of rotatable bonds is 11. The summed E-state index contributed by atoms with van der Waals surface area (Å²) in [6, 6.07) is 103. The van der Waals surface area contributed by atoms with Crippen LogP contribution in [0.2, 0.25) is 0 Å². The highest BCUT2D eigenvalue weighted by atomic mass is 15.2. The van der Waals surface area contributed by atoms with E-state index in [0.717, 1.165) is 39.8 Å². The zero-order valence-electron chi connectivity index (χ0n) is 41.5. The van der Waals surface area contributed by atoms with Crippen LogP contribution in [0.5, 0.6) is 0 Å². The van der Waals surface area contributed by atoms with Gasteiger partial charge in [-0.3, -0.25) is 0 Å². The number of anilines is 6. The van der Waals surface area contributed by atoms with Crippen LogP contribution < -0.4 is 9.80 Å². The van der Waals surface area contributed by atoms with Crippen molar-refractivity contribution in [2.45, 2.75) is 19.3 Å². The summed E-state index contributed by atoms with van der Waals surface area (Å²) in [6.45, 7) is 4.79. The van der Waals surface area contributed by atoms with Gasteiger partial charge in [0.05, 0.1) is 11.2 Å². The van der Waals surface area contributed by atoms with Crippen molar-refractivity contribution in [1.82, 2.24) is 4.57 Å². The van der Waals surface area contributed by atoms with E-state index in [4.69, 9.17) is 0 Å². The largest absolute Gasteiger partial charge is 0.311 e. The van der Waals surface area contributed by atoms with Gasteiger partial charge in [0.25, 0.3) is 0 Å². The van der Waals surface area contributed by atoms with Crippen LogP contribution in [0.3, 0.4) is 0 Å². The maximum Gasteiger partial charge on any atom is 0.0619 e. The molecular weight excluding hydrogens is 895 g/mol. The average Bonchev–Trinajstić information content (AvgIpc) is 4.00. The zero-order valence-corrected chi connectivity index (χ0v) is 41.5. The second kappa shape index (κ2) is 18.6. The van der Waals surface area contributed by atoms with E-state index in [2.05, 4.69) is 313 Å². The molecule has 3 nitrogen and oxygen atoms in total. The molecule has 0 radical (unpaired) electrons. The molecular formula is C71H53N3. The Morgan fingerprint density at radius 2 is 0.662 bits per heavy atom. The Balaban J connectivity index is 0.889.